The zero-order chi connectivity index (χ0) is 19.2. The third kappa shape index (κ3) is 3.53. The molecule has 1 fully saturated rings. The number of hydrogen-bond donors (Lipinski definition) is 0. The van der Waals surface area contributed by atoms with Crippen molar-refractivity contribution < 1.29 is 22.4 Å². The second-order valence-corrected chi connectivity index (χ2v) is 6.60. The van der Waals surface area contributed by atoms with Gasteiger partial charge in [0.15, 0.2) is 0 Å². The summed E-state index contributed by atoms with van der Waals surface area (Å²) in [6.07, 6.45) is -2.43. The molecule has 1 aliphatic rings. The van der Waals surface area contributed by atoms with Crippen molar-refractivity contribution in [1.82, 2.24) is 19.7 Å². The van der Waals surface area contributed by atoms with E-state index in [-0.39, 0.29) is 34.6 Å². The SMILES string of the molecule is Cc1nn(C)c(F)c1C(=O)N(Cc1ncc(C(F)(F)F)cc1Cl)C1CC1. The van der Waals surface area contributed by atoms with Crippen LogP contribution >= 0.6 is 11.6 Å². The summed E-state index contributed by atoms with van der Waals surface area (Å²) in [5.41, 5.74) is -0.749. The molecule has 5 nitrogen and oxygen atoms in total. The van der Waals surface area contributed by atoms with Crippen LogP contribution < -0.4 is 0 Å². The van der Waals surface area contributed by atoms with Crippen molar-refractivity contribution in [2.45, 2.75) is 38.5 Å². The number of hydrogen-bond acceptors (Lipinski definition) is 3. The Balaban J connectivity index is 1.89. The number of pyridine rings is 1. The third-order valence-corrected chi connectivity index (χ3v) is 4.51. The number of nitrogens with zero attached hydrogens (tertiary/aromatic N) is 4. The molecule has 0 N–H and O–H groups in total. The van der Waals surface area contributed by atoms with Gasteiger partial charge in [-0.15, -0.1) is 0 Å². The molecule has 0 unspecified atom stereocenters. The maximum atomic E-state index is 14.2. The van der Waals surface area contributed by atoms with E-state index < -0.39 is 23.6 Å². The molecule has 3 rings (SSSR count). The lowest BCUT2D eigenvalue weighted by Gasteiger charge is -2.22. The minimum Gasteiger partial charge on any atom is -0.330 e. The Morgan fingerprint density at radius 2 is 2.08 bits per heavy atom. The van der Waals surface area contributed by atoms with Gasteiger partial charge in [0.25, 0.3) is 5.91 Å². The van der Waals surface area contributed by atoms with Gasteiger partial charge >= 0.3 is 6.18 Å². The van der Waals surface area contributed by atoms with E-state index in [1.807, 2.05) is 0 Å². The minimum absolute atomic E-state index is 0.103. The molecule has 2 aromatic rings. The first-order valence-electron chi connectivity index (χ1n) is 7.81. The van der Waals surface area contributed by atoms with Crippen molar-refractivity contribution >= 4 is 17.5 Å². The van der Waals surface area contributed by atoms with Crippen LogP contribution in [-0.4, -0.2) is 31.6 Å². The average molecular weight is 391 g/mol. The molecule has 1 aliphatic carbocycles. The molecule has 2 aromatic heterocycles. The molecule has 26 heavy (non-hydrogen) atoms. The van der Waals surface area contributed by atoms with Gasteiger partial charge in [0, 0.05) is 19.3 Å². The second-order valence-electron chi connectivity index (χ2n) is 6.19. The van der Waals surface area contributed by atoms with Gasteiger partial charge in [0.1, 0.15) is 5.56 Å². The number of alkyl halides is 3. The fourth-order valence-corrected chi connectivity index (χ4v) is 2.89. The maximum absolute atomic E-state index is 14.2. The van der Waals surface area contributed by atoms with Crippen molar-refractivity contribution in [3.05, 3.63) is 45.7 Å². The average Bonchev–Trinajstić information content (AvgIpc) is 3.33. The summed E-state index contributed by atoms with van der Waals surface area (Å²) >= 11 is 5.93. The number of aromatic nitrogens is 3. The van der Waals surface area contributed by atoms with Crippen molar-refractivity contribution in [2.24, 2.45) is 7.05 Å². The first kappa shape index (κ1) is 18.6. The van der Waals surface area contributed by atoms with Crippen LogP contribution in [-0.2, 0) is 19.8 Å². The van der Waals surface area contributed by atoms with Gasteiger partial charge in [0.05, 0.1) is 28.5 Å². The van der Waals surface area contributed by atoms with E-state index in [0.29, 0.717) is 6.20 Å². The lowest BCUT2D eigenvalue weighted by Crippen LogP contribution is -2.34. The van der Waals surface area contributed by atoms with Crippen LogP contribution in [0.1, 0.15) is 40.2 Å². The van der Waals surface area contributed by atoms with Gasteiger partial charge in [0.2, 0.25) is 5.95 Å². The Bertz CT molecular complexity index is 861. The number of amides is 1. The quantitative estimate of drug-likeness (QED) is 0.747. The van der Waals surface area contributed by atoms with Gasteiger partial charge < -0.3 is 4.90 Å². The third-order valence-electron chi connectivity index (χ3n) is 4.18. The zero-order valence-corrected chi connectivity index (χ0v) is 14.7. The summed E-state index contributed by atoms with van der Waals surface area (Å²) in [7, 11) is 1.38. The minimum atomic E-state index is -4.56. The number of rotatable bonds is 4. The molecule has 0 aliphatic heterocycles. The van der Waals surface area contributed by atoms with Crippen LogP contribution in [0.3, 0.4) is 0 Å². The number of aryl methyl sites for hydroxylation is 2. The van der Waals surface area contributed by atoms with Crippen LogP contribution in [0.5, 0.6) is 0 Å². The maximum Gasteiger partial charge on any atom is 0.417 e. The molecular formula is C16H15ClF4N4O. The largest absolute Gasteiger partial charge is 0.417 e. The topological polar surface area (TPSA) is 51.0 Å². The van der Waals surface area contributed by atoms with E-state index in [2.05, 4.69) is 10.1 Å². The van der Waals surface area contributed by atoms with E-state index >= 15 is 0 Å². The monoisotopic (exact) mass is 390 g/mol. The Kier molecular flexibility index (Phi) is 4.68. The lowest BCUT2D eigenvalue weighted by atomic mass is 10.2. The molecule has 0 spiro atoms. The summed E-state index contributed by atoms with van der Waals surface area (Å²) < 4.78 is 53.4. The van der Waals surface area contributed by atoms with E-state index in [0.717, 1.165) is 23.6 Å². The van der Waals surface area contributed by atoms with Crippen LogP contribution in [0.15, 0.2) is 12.3 Å². The molecule has 140 valence electrons. The molecule has 10 heteroatoms. The van der Waals surface area contributed by atoms with Gasteiger partial charge in [-0.1, -0.05) is 11.6 Å². The molecule has 0 aromatic carbocycles. The first-order valence-corrected chi connectivity index (χ1v) is 8.19. The highest BCUT2D eigenvalue weighted by atomic mass is 35.5. The molecule has 0 atom stereocenters. The van der Waals surface area contributed by atoms with E-state index in [1.165, 1.54) is 18.9 Å². The van der Waals surface area contributed by atoms with E-state index in [1.54, 1.807) is 0 Å². The van der Waals surface area contributed by atoms with Crippen molar-refractivity contribution in [3.63, 3.8) is 0 Å². The Labute approximate surface area is 151 Å². The lowest BCUT2D eigenvalue weighted by molar-refractivity contribution is -0.137. The second kappa shape index (κ2) is 6.53. The van der Waals surface area contributed by atoms with Crippen LogP contribution in [0.25, 0.3) is 0 Å². The van der Waals surface area contributed by atoms with Crippen molar-refractivity contribution in [2.75, 3.05) is 0 Å². The molecule has 0 radical (unpaired) electrons. The summed E-state index contributed by atoms with van der Waals surface area (Å²) in [4.78, 5) is 17.9. The summed E-state index contributed by atoms with van der Waals surface area (Å²) in [5.74, 6) is -1.34. The highest BCUT2D eigenvalue weighted by Crippen LogP contribution is 2.34. The molecule has 0 saturated heterocycles. The van der Waals surface area contributed by atoms with Crippen molar-refractivity contribution in [1.29, 1.82) is 0 Å². The molecular weight excluding hydrogens is 376 g/mol. The molecule has 1 amide bonds. The Morgan fingerprint density at radius 3 is 2.54 bits per heavy atom. The number of carbonyl (C=O) groups is 1. The standard InChI is InChI=1S/C16H15ClF4N4O/c1-8-13(14(18)24(2)23-8)15(26)25(10-3-4-10)7-12-11(17)5-9(6-22-12)16(19,20)21/h5-6,10H,3-4,7H2,1-2H3. The fourth-order valence-electron chi connectivity index (χ4n) is 2.67. The normalized spacial score (nSPS) is 14.6. The van der Waals surface area contributed by atoms with E-state index in [9.17, 15) is 22.4 Å². The predicted molar refractivity (Wildman–Crippen MR) is 85.0 cm³/mol. The summed E-state index contributed by atoms with van der Waals surface area (Å²) in [6, 6.07) is 0.650. The van der Waals surface area contributed by atoms with Gasteiger partial charge in [-0.25, -0.2) is 4.68 Å². The molecule has 1 saturated carbocycles. The summed E-state index contributed by atoms with van der Waals surface area (Å²) in [5, 5.41) is 3.69. The van der Waals surface area contributed by atoms with Gasteiger partial charge in [-0.2, -0.15) is 22.7 Å². The Morgan fingerprint density at radius 1 is 1.42 bits per heavy atom. The summed E-state index contributed by atoms with van der Waals surface area (Å²) in [6.45, 7) is 1.42. The van der Waals surface area contributed by atoms with Gasteiger partial charge in [-0.05, 0) is 25.8 Å². The highest BCUT2D eigenvalue weighted by Gasteiger charge is 2.37. The smallest absolute Gasteiger partial charge is 0.330 e. The fraction of sp³-hybridized carbons (Fsp3) is 0.438. The zero-order valence-electron chi connectivity index (χ0n) is 13.9. The molecule has 2 heterocycles. The number of halogens is 5. The van der Waals surface area contributed by atoms with Crippen LogP contribution in [0.2, 0.25) is 5.02 Å². The predicted octanol–water partition coefficient (Wildman–Crippen LogP) is 3.74. The van der Waals surface area contributed by atoms with Crippen LogP contribution in [0, 0.1) is 12.9 Å². The first-order chi connectivity index (χ1) is 12.1. The van der Waals surface area contributed by atoms with Crippen molar-refractivity contribution in [3.8, 4) is 0 Å². The number of carbonyl (C=O) groups excluding carboxylic acids is 1. The van der Waals surface area contributed by atoms with E-state index in [4.69, 9.17) is 11.6 Å². The highest BCUT2D eigenvalue weighted by molar-refractivity contribution is 6.31. The van der Waals surface area contributed by atoms with Crippen LogP contribution in [0.4, 0.5) is 17.6 Å². The van der Waals surface area contributed by atoms with Gasteiger partial charge in [-0.3, -0.25) is 9.78 Å². The Hall–Kier alpha value is -2.16. The molecule has 0 bridgehead atoms.